The van der Waals surface area contributed by atoms with Gasteiger partial charge in [0.05, 0.1) is 12.3 Å². The maximum Gasteiger partial charge on any atom is 0.358 e. The van der Waals surface area contributed by atoms with Crippen molar-refractivity contribution in [2.24, 2.45) is 0 Å². The maximum absolute atomic E-state index is 13.0. The Morgan fingerprint density at radius 2 is 1.72 bits per heavy atom. The van der Waals surface area contributed by atoms with Crippen LogP contribution in [-0.2, 0) is 4.74 Å². The van der Waals surface area contributed by atoms with Crippen LogP contribution in [0.2, 0.25) is 0 Å². The number of esters is 1. The van der Waals surface area contributed by atoms with E-state index in [1.165, 1.54) is 0 Å². The summed E-state index contributed by atoms with van der Waals surface area (Å²) >= 11 is 0. The van der Waals surface area contributed by atoms with Gasteiger partial charge in [0.2, 0.25) is 0 Å². The largest absolute Gasteiger partial charge is 0.461 e. The molecule has 1 saturated heterocycles. The molecular weight excluding hydrogens is 498 g/mol. The molecule has 0 radical (unpaired) electrons. The average Bonchev–Trinajstić information content (AvgIpc) is 3.65. The number of amides is 1. The van der Waals surface area contributed by atoms with E-state index in [2.05, 4.69) is 25.3 Å². The molecular formula is C28H25N7O4. The summed E-state index contributed by atoms with van der Waals surface area (Å²) in [6.07, 6.45) is 1.68. The molecule has 0 saturated carbocycles. The van der Waals surface area contributed by atoms with Crippen molar-refractivity contribution in [1.82, 2.24) is 30.0 Å². The first-order chi connectivity index (χ1) is 19.1. The number of benzene rings is 2. The van der Waals surface area contributed by atoms with Crippen LogP contribution in [0.15, 0.2) is 77.6 Å². The van der Waals surface area contributed by atoms with Crippen LogP contribution in [0.25, 0.3) is 28.1 Å². The first-order valence-corrected chi connectivity index (χ1v) is 12.7. The van der Waals surface area contributed by atoms with Gasteiger partial charge in [0.1, 0.15) is 11.0 Å². The second-order valence-corrected chi connectivity index (χ2v) is 9.03. The fraction of sp³-hybridized carbons (Fsp3) is 0.214. The van der Waals surface area contributed by atoms with Gasteiger partial charge in [-0.1, -0.05) is 18.2 Å². The highest BCUT2D eigenvalue weighted by Gasteiger charge is 2.24. The number of aromatic nitrogens is 5. The van der Waals surface area contributed by atoms with Gasteiger partial charge in [-0.2, -0.15) is 5.10 Å². The lowest BCUT2D eigenvalue weighted by molar-refractivity contribution is 0.0518. The third kappa shape index (κ3) is 4.81. The van der Waals surface area contributed by atoms with E-state index in [9.17, 15) is 9.59 Å². The molecule has 4 heterocycles. The molecule has 196 valence electrons. The fourth-order valence-electron chi connectivity index (χ4n) is 4.65. The molecule has 1 aliphatic rings. The number of anilines is 1. The van der Waals surface area contributed by atoms with Gasteiger partial charge in [-0.15, -0.1) is 0 Å². The first-order valence-electron chi connectivity index (χ1n) is 12.7. The van der Waals surface area contributed by atoms with Crippen molar-refractivity contribution in [3.05, 3.63) is 84.2 Å². The molecule has 0 spiro atoms. The standard InChI is InChI=1S/C28H25N7O4/c1-2-38-28(37)24-18-25(35(30-24)26-5-3-4-12-29-26)19-6-9-21(10-7-19)33-13-15-34(16-14-33)27(36)20-8-11-22-23(17-20)32-39-31-22/h3-12,17-18H,2,13-16H2,1H3. The van der Waals surface area contributed by atoms with Gasteiger partial charge >= 0.3 is 5.97 Å². The second-order valence-electron chi connectivity index (χ2n) is 9.03. The van der Waals surface area contributed by atoms with E-state index in [-0.39, 0.29) is 18.2 Å². The summed E-state index contributed by atoms with van der Waals surface area (Å²) in [7, 11) is 0. The van der Waals surface area contributed by atoms with Crippen molar-refractivity contribution < 1.29 is 19.0 Å². The summed E-state index contributed by atoms with van der Waals surface area (Å²) in [4.78, 5) is 33.9. The molecule has 39 heavy (non-hydrogen) atoms. The minimum atomic E-state index is -0.477. The average molecular weight is 524 g/mol. The van der Waals surface area contributed by atoms with Crippen molar-refractivity contribution >= 4 is 28.6 Å². The number of ether oxygens (including phenoxy) is 1. The van der Waals surface area contributed by atoms with E-state index in [0.29, 0.717) is 48.6 Å². The van der Waals surface area contributed by atoms with Gasteiger partial charge in [-0.05, 0) is 65.8 Å². The Kier molecular flexibility index (Phi) is 6.45. The highest BCUT2D eigenvalue weighted by Crippen LogP contribution is 2.27. The molecule has 0 unspecified atom stereocenters. The van der Waals surface area contributed by atoms with Crippen LogP contribution in [0, 0.1) is 0 Å². The minimum Gasteiger partial charge on any atom is -0.461 e. The molecule has 6 rings (SSSR count). The van der Waals surface area contributed by atoms with E-state index >= 15 is 0 Å². The molecule has 0 aliphatic carbocycles. The molecule has 11 heteroatoms. The van der Waals surface area contributed by atoms with Gasteiger partial charge in [-0.3, -0.25) is 4.79 Å². The topological polar surface area (TPSA) is 119 Å². The molecule has 2 aromatic carbocycles. The lowest BCUT2D eigenvalue weighted by Gasteiger charge is -2.36. The van der Waals surface area contributed by atoms with Crippen LogP contribution in [0.1, 0.15) is 27.8 Å². The van der Waals surface area contributed by atoms with Crippen molar-refractivity contribution in [3.8, 4) is 17.1 Å². The Morgan fingerprint density at radius 1 is 0.923 bits per heavy atom. The number of hydrogen-bond acceptors (Lipinski definition) is 9. The molecule has 1 aliphatic heterocycles. The zero-order valence-electron chi connectivity index (χ0n) is 21.2. The highest BCUT2D eigenvalue weighted by molar-refractivity contribution is 5.97. The maximum atomic E-state index is 13.0. The highest BCUT2D eigenvalue weighted by atomic mass is 16.6. The zero-order chi connectivity index (χ0) is 26.8. The van der Waals surface area contributed by atoms with Gasteiger partial charge < -0.3 is 14.5 Å². The molecule has 1 fully saturated rings. The predicted molar refractivity (Wildman–Crippen MR) is 143 cm³/mol. The lowest BCUT2D eigenvalue weighted by Crippen LogP contribution is -2.48. The zero-order valence-corrected chi connectivity index (χ0v) is 21.2. The summed E-state index contributed by atoms with van der Waals surface area (Å²) in [6.45, 7) is 4.65. The smallest absolute Gasteiger partial charge is 0.358 e. The Balaban J connectivity index is 1.17. The van der Waals surface area contributed by atoms with Crippen LogP contribution in [0.5, 0.6) is 0 Å². The van der Waals surface area contributed by atoms with E-state index in [1.807, 2.05) is 47.4 Å². The monoisotopic (exact) mass is 523 g/mol. The number of nitrogens with zero attached hydrogens (tertiary/aromatic N) is 7. The Morgan fingerprint density at radius 3 is 2.46 bits per heavy atom. The number of carbonyl (C=O) groups is 2. The van der Waals surface area contributed by atoms with Crippen LogP contribution >= 0.6 is 0 Å². The van der Waals surface area contributed by atoms with E-state index < -0.39 is 5.97 Å². The second kappa shape index (κ2) is 10.4. The van der Waals surface area contributed by atoms with Crippen LogP contribution in [0.3, 0.4) is 0 Å². The summed E-state index contributed by atoms with van der Waals surface area (Å²) in [6, 6.07) is 20.5. The normalized spacial score (nSPS) is 13.6. The summed E-state index contributed by atoms with van der Waals surface area (Å²) in [5, 5.41) is 12.1. The molecule has 0 atom stereocenters. The number of hydrogen-bond donors (Lipinski definition) is 0. The Bertz CT molecular complexity index is 1620. The van der Waals surface area contributed by atoms with E-state index in [0.717, 1.165) is 16.9 Å². The molecule has 0 bridgehead atoms. The SMILES string of the molecule is CCOC(=O)c1cc(-c2ccc(N3CCN(C(=O)c4ccc5nonc5c4)CC3)cc2)n(-c2ccccn2)n1. The molecule has 5 aromatic rings. The summed E-state index contributed by atoms with van der Waals surface area (Å²) < 4.78 is 11.5. The number of fused-ring (bicyclic) bond motifs is 1. The van der Waals surface area contributed by atoms with Gasteiger partial charge in [0, 0.05) is 49.2 Å². The molecule has 3 aromatic heterocycles. The summed E-state index contributed by atoms with van der Waals surface area (Å²) in [5.74, 6) is 0.0945. The van der Waals surface area contributed by atoms with Crippen molar-refractivity contribution in [1.29, 1.82) is 0 Å². The van der Waals surface area contributed by atoms with Gasteiger partial charge in [-0.25, -0.2) is 19.1 Å². The summed E-state index contributed by atoms with van der Waals surface area (Å²) in [5.41, 5.74) is 4.66. The Hall–Kier alpha value is -5.06. The number of rotatable bonds is 6. The van der Waals surface area contributed by atoms with E-state index in [1.54, 1.807) is 42.1 Å². The van der Waals surface area contributed by atoms with E-state index in [4.69, 9.17) is 9.37 Å². The third-order valence-electron chi connectivity index (χ3n) is 6.66. The quantitative estimate of drug-likeness (QED) is 0.307. The van der Waals surface area contributed by atoms with Crippen LogP contribution in [-0.4, -0.2) is 74.6 Å². The predicted octanol–water partition coefficient (Wildman–Crippen LogP) is 3.61. The van der Waals surface area contributed by atoms with Crippen molar-refractivity contribution in [2.75, 3.05) is 37.7 Å². The van der Waals surface area contributed by atoms with Gasteiger partial charge in [0.25, 0.3) is 5.91 Å². The first kappa shape index (κ1) is 24.3. The van der Waals surface area contributed by atoms with Crippen molar-refractivity contribution in [2.45, 2.75) is 6.92 Å². The molecule has 0 N–H and O–H groups in total. The lowest BCUT2D eigenvalue weighted by atomic mass is 10.1. The van der Waals surface area contributed by atoms with Gasteiger partial charge in [0.15, 0.2) is 11.5 Å². The fourth-order valence-corrected chi connectivity index (χ4v) is 4.65. The number of pyridine rings is 1. The molecule has 11 nitrogen and oxygen atoms in total. The molecule has 1 amide bonds. The third-order valence-corrected chi connectivity index (χ3v) is 6.66. The Labute approximate surface area is 223 Å². The van der Waals surface area contributed by atoms with Crippen LogP contribution in [0.4, 0.5) is 5.69 Å². The van der Waals surface area contributed by atoms with Crippen molar-refractivity contribution in [3.63, 3.8) is 0 Å². The number of carbonyl (C=O) groups excluding carboxylic acids is 2. The minimum absolute atomic E-state index is 0.0323. The number of piperazine rings is 1. The van der Waals surface area contributed by atoms with Crippen LogP contribution < -0.4 is 4.90 Å².